The van der Waals surface area contributed by atoms with Crippen LogP contribution in [0.4, 0.5) is 0 Å². The fourth-order valence-corrected chi connectivity index (χ4v) is 2.76. The number of hydrogen-bond acceptors (Lipinski definition) is 6. The Morgan fingerprint density at radius 2 is 1.92 bits per heavy atom. The van der Waals surface area contributed by atoms with Crippen molar-refractivity contribution in [2.75, 3.05) is 14.2 Å². The number of ether oxygens (including phenoxy) is 2. The Balaban J connectivity index is 2.22. The molecule has 1 aromatic carbocycles. The number of esters is 1. The zero-order valence-electron chi connectivity index (χ0n) is 14.7. The van der Waals surface area contributed by atoms with E-state index >= 15 is 0 Å². The number of pyridine rings is 1. The lowest BCUT2D eigenvalue weighted by atomic mass is 10.1. The number of fused-ring (bicyclic) bond motifs is 1. The molecule has 3 rings (SSSR count). The number of carbonyl (C=O) groups is 1. The van der Waals surface area contributed by atoms with Gasteiger partial charge in [0.2, 0.25) is 0 Å². The number of rotatable bonds is 5. The number of aryl methyl sites for hydroxylation is 1. The van der Waals surface area contributed by atoms with Crippen LogP contribution >= 0.6 is 0 Å². The fourth-order valence-electron chi connectivity index (χ4n) is 2.76. The van der Waals surface area contributed by atoms with Gasteiger partial charge in [0.05, 0.1) is 26.3 Å². The molecule has 0 bridgehead atoms. The predicted molar refractivity (Wildman–Crippen MR) is 94.8 cm³/mol. The molecule has 0 aliphatic rings. The lowest BCUT2D eigenvalue weighted by Gasteiger charge is -2.11. The number of benzene rings is 1. The first kappa shape index (κ1) is 17.5. The third-order valence-electron chi connectivity index (χ3n) is 4.17. The predicted octanol–water partition coefficient (Wildman–Crippen LogP) is 1.77. The van der Waals surface area contributed by atoms with E-state index in [0.717, 1.165) is 12.7 Å². The number of methoxy groups -OCH3 is 2. The van der Waals surface area contributed by atoms with E-state index in [4.69, 9.17) is 4.74 Å². The summed E-state index contributed by atoms with van der Waals surface area (Å²) < 4.78 is 12.8. The normalized spacial score (nSPS) is 10.9. The summed E-state index contributed by atoms with van der Waals surface area (Å²) in [6.45, 7) is 2.65. The van der Waals surface area contributed by atoms with Crippen LogP contribution in [0.25, 0.3) is 11.0 Å². The summed E-state index contributed by atoms with van der Waals surface area (Å²) in [5.41, 5.74) is 0.404. The van der Waals surface area contributed by atoms with Crippen molar-refractivity contribution in [1.29, 1.82) is 0 Å². The second-order valence-electron chi connectivity index (χ2n) is 5.67. The molecule has 0 saturated heterocycles. The van der Waals surface area contributed by atoms with Gasteiger partial charge in [0, 0.05) is 12.7 Å². The highest BCUT2D eigenvalue weighted by Crippen LogP contribution is 2.26. The van der Waals surface area contributed by atoms with Crippen LogP contribution in [0.1, 0.15) is 22.8 Å². The van der Waals surface area contributed by atoms with Gasteiger partial charge in [-0.1, -0.05) is 12.1 Å². The van der Waals surface area contributed by atoms with E-state index in [1.165, 1.54) is 4.57 Å². The van der Waals surface area contributed by atoms with E-state index in [2.05, 4.69) is 9.84 Å². The van der Waals surface area contributed by atoms with Gasteiger partial charge in [0.15, 0.2) is 16.8 Å². The highest BCUT2D eigenvalue weighted by Gasteiger charge is 2.25. The standard InChI is InChI=1S/C18H19N3O5/c1-4-20-10-13-15(19-20)16(22)14(18(24)26-3)17(23)21(13)9-11-5-7-12(25-2)8-6-11/h5-8,10,22H,4,9H2,1-3H3. The first-order chi connectivity index (χ1) is 12.5. The molecule has 0 fully saturated rings. The van der Waals surface area contributed by atoms with Gasteiger partial charge in [0.1, 0.15) is 5.75 Å². The van der Waals surface area contributed by atoms with Crippen LogP contribution in [-0.2, 0) is 17.8 Å². The smallest absolute Gasteiger partial charge is 0.347 e. The minimum atomic E-state index is -0.899. The monoisotopic (exact) mass is 357 g/mol. The van der Waals surface area contributed by atoms with E-state index in [9.17, 15) is 14.7 Å². The summed E-state index contributed by atoms with van der Waals surface area (Å²) >= 11 is 0. The van der Waals surface area contributed by atoms with Crippen LogP contribution in [-0.4, -0.2) is 39.6 Å². The number of nitrogens with zero attached hydrogens (tertiary/aromatic N) is 3. The third-order valence-corrected chi connectivity index (χ3v) is 4.17. The van der Waals surface area contributed by atoms with Crippen LogP contribution in [0.3, 0.4) is 0 Å². The Morgan fingerprint density at radius 3 is 2.50 bits per heavy atom. The molecule has 8 heteroatoms. The van der Waals surface area contributed by atoms with Gasteiger partial charge in [-0.05, 0) is 24.6 Å². The second kappa shape index (κ2) is 6.91. The molecule has 3 aromatic rings. The zero-order chi connectivity index (χ0) is 18.8. The first-order valence-corrected chi connectivity index (χ1v) is 8.04. The molecule has 0 aliphatic heterocycles. The molecule has 0 saturated carbocycles. The lowest BCUT2D eigenvalue weighted by molar-refractivity contribution is 0.0595. The molecule has 0 spiro atoms. The fraction of sp³-hybridized carbons (Fsp3) is 0.278. The first-order valence-electron chi connectivity index (χ1n) is 8.04. The van der Waals surface area contributed by atoms with Gasteiger partial charge in [-0.2, -0.15) is 5.10 Å². The minimum absolute atomic E-state index is 0.181. The molecule has 2 heterocycles. The number of hydrogen-bond donors (Lipinski definition) is 1. The minimum Gasteiger partial charge on any atom is -0.505 e. The average molecular weight is 357 g/mol. The highest BCUT2D eigenvalue weighted by atomic mass is 16.5. The molecular formula is C18H19N3O5. The van der Waals surface area contributed by atoms with Gasteiger partial charge in [-0.15, -0.1) is 0 Å². The topological polar surface area (TPSA) is 95.6 Å². The Hall–Kier alpha value is -3.29. The number of aromatic nitrogens is 3. The molecular weight excluding hydrogens is 338 g/mol. The second-order valence-corrected chi connectivity index (χ2v) is 5.67. The van der Waals surface area contributed by atoms with Crippen molar-refractivity contribution in [3.8, 4) is 11.5 Å². The molecule has 136 valence electrons. The van der Waals surface area contributed by atoms with E-state index in [1.807, 2.05) is 19.1 Å². The lowest BCUT2D eigenvalue weighted by Crippen LogP contribution is -2.27. The molecule has 8 nitrogen and oxygen atoms in total. The molecule has 0 radical (unpaired) electrons. The number of carbonyl (C=O) groups excluding carboxylic acids is 1. The van der Waals surface area contributed by atoms with Crippen LogP contribution < -0.4 is 10.3 Å². The summed E-state index contributed by atoms with van der Waals surface area (Å²) in [6, 6.07) is 7.22. The van der Waals surface area contributed by atoms with E-state index in [1.54, 1.807) is 30.1 Å². The molecule has 2 aromatic heterocycles. The molecule has 1 N–H and O–H groups in total. The summed E-state index contributed by atoms with van der Waals surface area (Å²) in [4.78, 5) is 24.9. The Morgan fingerprint density at radius 1 is 1.23 bits per heavy atom. The van der Waals surface area contributed by atoms with Crippen molar-refractivity contribution in [2.24, 2.45) is 0 Å². The van der Waals surface area contributed by atoms with Crippen molar-refractivity contribution in [3.05, 3.63) is 51.9 Å². The van der Waals surface area contributed by atoms with Gasteiger partial charge < -0.3 is 14.6 Å². The van der Waals surface area contributed by atoms with Gasteiger partial charge in [0.25, 0.3) is 5.56 Å². The average Bonchev–Trinajstić information content (AvgIpc) is 3.10. The molecule has 0 unspecified atom stereocenters. The van der Waals surface area contributed by atoms with Crippen LogP contribution in [0.5, 0.6) is 11.5 Å². The summed E-state index contributed by atoms with van der Waals surface area (Å²) in [6.07, 6.45) is 1.67. The summed E-state index contributed by atoms with van der Waals surface area (Å²) in [5, 5.41) is 14.7. The molecule has 26 heavy (non-hydrogen) atoms. The van der Waals surface area contributed by atoms with Crippen molar-refractivity contribution in [3.63, 3.8) is 0 Å². The SMILES string of the molecule is CCn1cc2c(n1)c(O)c(C(=O)OC)c(=O)n2Cc1ccc(OC)cc1. The highest BCUT2D eigenvalue weighted by molar-refractivity contribution is 5.98. The van der Waals surface area contributed by atoms with E-state index in [-0.39, 0.29) is 12.1 Å². The van der Waals surface area contributed by atoms with Crippen molar-refractivity contribution in [2.45, 2.75) is 20.0 Å². The van der Waals surface area contributed by atoms with E-state index in [0.29, 0.717) is 17.8 Å². The van der Waals surface area contributed by atoms with Crippen molar-refractivity contribution >= 4 is 17.0 Å². The molecule has 0 atom stereocenters. The zero-order valence-corrected chi connectivity index (χ0v) is 14.7. The van der Waals surface area contributed by atoms with Gasteiger partial charge in [-0.25, -0.2) is 4.79 Å². The summed E-state index contributed by atoms with van der Waals surface area (Å²) in [5.74, 6) is -0.662. The van der Waals surface area contributed by atoms with Crippen molar-refractivity contribution in [1.82, 2.24) is 14.3 Å². The van der Waals surface area contributed by atoms with Crippen molar-refractivity contribution < 1.29 is 19.4 Å². The van der Waals surface area contributed by atoms with Gasteiger partial charge in [-0.3, -0.25) is 14.0 Å². The Kier molecular flexibility index (Phi) is 4.66. The maximum absolute atomic E-state index is 12.9. The Bertz CT molecular complexity index is 1020. The maximum atomic E-state index is 12.9. The third kappa shape index (κ3) is 2.90. The maximum Gasteiger partial charge on any atom is 0.347 e. The quantitative estimate of drug-likeness (QED) is 0.699. The van der Waals surface area contributed by atoms with Gasteiger partial charge >= 0.3 is 5.97 Å². The molecule has 0 aliphatic carbocycles. The van der Waals surface area contributed by atoms with E-state index < -0.39 is 22.8 Å². The largest absolute Gasteiger partial charge is 0.505 e. The Labute approximate surface area is 149 Å². The van der Waals surface area contributed by atoms with Crippen LogP contribution in [0.2, 0.25) is 0 Å². The number of aromatic hydroxyl groups is 1. The molecule has 0 amide bonds. The van der Waals surface area contributed by atoms with Crippen LogP contribution in [0, 0.1) is 0 Å². The summed E-state index contributed by atoms with van der Waals surface area (Å²) in [7, 11) is 2.73. The van der Waals surface area contributed by atoms with Crippen LogP contribution in [0.15, 0.2) is 35.3 Å².